The molecule has 0 aliphatic heterocycles. The summed E-state index contributed by atoms with van der Waals surface area (Å²) in [6, 6.07) is 3.95. The van der Waals surface area contributed by atoms with Crippen molar-refractivity contribution in [3.8, 4) is 22.8 Å². The van der Waals surface area contributed by atoms with Crippen molar-refractivity contribution in [2.45, 2.75) is 59.4 Å². The Bertz CT molecular complexity index is 751. The summed E-state index contributed by atoms with van der Waals surface area (Å²) in [5, 5.41) is 4.12. The normalized spacial score (nSPS) is 11.0. The van der Waals surface area contributed by atoms with Crippen LogP contribution in [0, 0.1) is 0 Å². The topological polar surface area (TPSA) is 56.3 Å². The van der Waals surface area contributed by atoms with E-state index in [0.717, 1.165) is 54.1 Å². The molecule has 0 amide bonds. The maximum absolute atomic E-state index is 6.21. The van der Waals surface area contributed by atoms with Gasteiger partial charge in [-0.2, -0.15) is 0 Å². The van der Waals surface area contributed by atoms with Crippen LogP contribution in [0.1, 0.15) is 51.9 Å². The molecular weight excluding hydrogens is 362 g/mol. The monoisotopic (exact) mass is 391 g/mol. The van der Waals surface area contributed by atoms with Crippen molar-refractivity contribution in [2.75, 3.05) is 19.5 Å². The maximum Gasteiger partial charge on any atom is 0.148 e. The molecular formula is C21H30ClN3O2. The number of hydrogen-bond donors (Lipinski definition) is 1. The van der Waals surface area contributed by atoms with Gasteiger partial charge in [0, 0.05) is 11.1 Å². The highest BCUT2D eigenvalue weighted by Gasteiger charge is 2.22. The third-order valence-electron chi connectivity index (χ3n) is 4.74. The molecule has 1 heterocycles. The number of aromatic nitrogens is 2. The highest BCUT2D eigenvalue weighted by molar-refractivity contribution is 6.31. The predicted molar refractivity (Wildman–Crippen MR) is 112 cm³/mol. The summed E-state index contributed by atoms with van der Waals surface area (Å²) in [6.45, 7) is 8.53. The molecule has 0 atom stereocenters. The molecule has 5 nitrogen and oxygen atoms in total. The van der Waals surface area contributed by atoms with Crippen molar-refractivity contribution < 1.29 is 9.47 Å². The molecule has 0 radical (unpaired) electrons. The minimum atomic E-state index is 0.389. The molecule has 1 aromatic heterocycles. The Morgan fingerprint density at radius 3 is 1.93 bits per heavy atom. The molecule has 0 saturated carbocycles. The summed E-state index contributed by atoms with van der Waals surface area (Å²) in [6.07, 6.45) is 3.62. The lowest BCUT2D eigenvalue weighted by atomic mass is 10.0. The van der Waals surface area contributed by atoms with Gasteiger partial charge < -0.3 is 14.8 Å². The summed E-state index contributed by atoms with van der Waals surface area (Å²) in [5.41, 5.74) is 3.42. The number of benzene rings is 1. The summed E-state index contributed by atoms with van der Waals surface area (Å²) in [4.78, 5) is 9.90. The zero-order valence-corrected chi connectivity index (χ0v) is 17.9. The molecule has 1 N–H and O–H groups in total. The van der Waals surface area contributed by atoms with Gasteiger partial charge in [-0.25, -0.2) is 9.97 Å². The lowest BCUT2D eigenvalue weighted by molar-refractivity contribution is 0.397. The number of rotatable bonds is 9. The van der Waals surface area contributed by atoms with Gasteiger partial charge in [-0.1, -0.05) is 39.3 Å². The molecule has 0 aliphatic carbocycles. The lowest BCUT2D eigenvalue weighted by Crippen LogP contribution is -2.20. The first-order valence-electron chi connectivity index (χ1n) is 9.60. The maximum atomic E-state index is 6.21. The SMILES string of the molecule is CCc1nc(-c2c(OC)cc(Cl)cc2OC)c(CC)nc1NC(CC)CC. The smallest absolute Gasteiger partial charge is 0.148 e. The fourth-order valence-electron chi connectivity index (χ4n) is 3.11. The molecule has 27 heavy (non-hydrogen) atoms. The van der Waals surface area contributed by atoms with Crippen LogP contribution in [0.25, 0.3) is 11.3 Å². The third kappa shape index (κ3) is 4.64. The van der Waals surface area contributed by atoms with E-state index in [2.05, 4.69) is 33.0 Å². The van der Waals surface area contributed by atoms with E-state index in [9.17, 15) is 0 Å². The van der Waals surface area contributed by atoms with E-state index < -0.39 is 0 Å². The standard InChI is InChI=1S/C21H30ClN3O2/c1-7-14(8-2)23-21-16(10-4)24-20(15(9-3)25-21)19-17(26-5)11-13(22)12-18(19)27-6/h11-12,14H,7-10H2,1-6H3,(H,23,25). The van der Waals surface area contributed by atoms with E-state index in [1.165, 1.54) is 0 Å². The molecule has 0 aliphatic rings. The molecule has 2 rings (SSSR count). The van der Waals surface area contributed by atoms with Crippen molar-refractivity contribution in [2.24, 2.45) is 0 Å². The Labute approximate surface area is 167 Å². The van der Waals surface area contributed by atoms with Gasteiger partial charge in [-0.15, -0.1) is 0 Å². The predicted octanol–water partition coefficient (Wildman–Crippen LogP) is 5.54. The Hall–Kier alpha value is -2.01. The molecule has 0 bridgehead atoms. The Morgan fingerprint density at radius 2 is 1.48 bits per heavy atom. The van der Waals surface area contributed by atoms with Gasteiger partial charge in [0.2, 0.25) is 0 Å². The Kier molecular flexibility index (Phi) is 7.72. The van der Waals surface area contributed by atoms with Crippen molar-refractivity contribution in [1.82, 2.24) is 9.97 Å². The average Bonchev–Trinajstić information content (AvgIpc) is 2.70. The van der Waals surface area contributed by atoms with Crippen LogP contribution in [0.2, 0.25) is 5.02 Å². The van der Waals surface area contributed by atoms with Crippen LogP contribution in [0.5, 0.6) is 11.5 Å². The van der Waals surface area contributed by atoms with Crippen LogP contribution >= 0.6 is 11.6 Å². The van der Waals surface area contributed by atoms with Crippen LogP contribution in [0.15, 0.2) is 12.1 Å². The number of hydrogen-bond acceptors (Lipinski definition) is 5. The number of nitrogens with one attached hydrogen (secondary N) is 1. The third-order valence-corrected chi connectivity index (χ3v) is 4.96. The van der Waals surface area contributed by atoms with E-state index in [1.54, 1.807) is 26.4 Å². The van der Waals surface area contributed by atoms with Crippen LogP contribution in [0.4, 0.5) is 5.82 Å². The van der Waals surface area contributed by atoms with Crippen LogP contribution in [-0.2, 0) is 12.8 Å². The zero-order valence-electron chi connectivity index (χ0n) is 17.1. The van der Waals surface area contributed by atoms with E-state index in [0.29, 0.717) is 22.6 Å². The summed E-state index contributed by atoms with van der Waals surface area (Å²) < 4.78 is 11.2. The Morgan fingerprint density at radius 1 is 0.926 bits per heavy atom. The first kappa shape index (κ1) is 21.3. The lowest BCUT2D eigenvalue weighted by Gasteiger charge is -2.21. The van der Waals surface area contributed by atoms with Crippen LogP contribution < -0.4 is 14.8 Å². The van der Waals surface area contributed by atoms with Crippen LogP contribution in [0.3, 0.4) is 0 Å². The van der Waals surface area contributed by atoms with Gasteiger partial charge in [0.25, 0.3) is 0 Å². The number of aryl methyl sites for hydroxylation is 2. The zero-order chi connectivity index (χ0) is 20.0. The van der Waals surface area contributed by atoms with E-state index >= 15 is 0 Å². The van der Waals surface area contributed by atoms with E-state index in [1.807, 2.05) is 0 Å². The van der Waals surface area contributed by atoms with Gasteiger partial charge in [0.1, 0.15) is 17.3 Å². The minimum Gasteiger partial charge on any atom is -0.496 e. The summed E-state index contributed by atoms with van der Waals surface area (Å²) in [5.74, 6) is 2.14. The molecule has 2 aromatic rings. The first-order chi connectivity index (χ1) is 13.0. The van der Waals surface area contributed by atoms with E-state index in [4.69, 9.17) is 31.0 Å². The summed E-state index contributed by atoms with van der Waals surface area (Å²) in [7, 11) is 3.24. The van der Waals surface area contributed by atoms with Gasteiger partial charge in [-0.3, -0.25) is 0 Å². The van der Waals surface area contributed by atoms with E-state index in [-0.39, 0.29) is 0 Å². The molecule has 1 aromatic carbocycles. The van der Waals surface area contributed by atoms with Crippen molar-refractivity contribution in [3.05, 3.63) is 28.5 Å². The molecule has 0 unspecified atom stereocenters. The van der Waals surface area contributed by atoms with Gasteiger partial charge >= 0.3 is 0 Å². The average molecular weight is 392 g/mol. The van der Waals surface area contributed by atoms with Gasteiger partial charge in [0.15, 0.2) is 0 Å². The molecule has 0 fully saturated rings. The molecule has 0 spiro atoms. The molecule has 6 heteroatoms. The second-order valence-corrected chi connectivity index (χ2v) is 6.80. The van der Waals surface area contributed by atoms with Crippen molar-refractivity contribution in [3.63, 3.8) is 0 Å². The highest BCUT2D eigenvalue weighted by Crippen LogP contribution is 2.41. The fourth-order valence-corrected chi connectivity index (χ4v) is 3.31. The van der Waals surface area contributed by atoms with Crippen molar-refractivity contribution in [1.29, 1.82) is 0 Å². The molecule has 148 valence electrons. The highest BCUT2D eigenvalue weighted by atomic mass is 35.5. The number of methoxy groups -OCH3 is 2. The van der Waals surface area contributed by atoms with Crippen molar-refractivity contribution >= 4 is 17.4 Å². The second kappa shape index (κ2) is 9.79. The summed E-state index contributed by atoms with van der Waals surface area (Å²) >= 11 is 6.21. The Balaban J connectivity index is 2.68. The minimum absolute atomic E-state index is 0.389. The number of halogens is 1. The molecule has 0 saturated heterocycles. The first-order valence-corrected chi connectivity index (χ1v) is 9.98. The quantitative estimate of drug-likeness (QED) is 0.608. The number of anilines is 1. The number of nitrogens with zero attached hydrogens (tertiary/aromatic N) is 2. The van der Waals surface area contributed by atoms with Gasteiger partial charge in [-0.05, 0) is 37.8 Å². The fraction of sp³-hybridized carbons (Fsp3) is 0.524. The van der Waals surface area contributed by atoms with Gasteiger partial charge in [0.05, 0.1) is 36.9 Å². The number of ether oxygens (including phenoxy) is 2. The van der Waals surface area contributed by atoms with Crippen LogP contribution in [-0.4, -0.2) is 30.2 Å². The second-order valence-electron chi connectivity index (χ2n) is 6.36. The largest absolute Gasteiger partial charge is 0.496 e.